The molecule has 0 saturated heterocycles. The average molecular weight is 304 g/mol. The third kappa shape index (κ3) is 4.63. The molecule has 0 bridgehead atoms. The standard InChI is InChI=1S/C16H20N2O2S/c1-11(2)17-15(19)10-21-9-14-12(3)20-16(18-14)13-7-5-4-6-8-13/h4-8,11H,9-10H2,1-3H3,(H,17,19). The van der Waals surface area contributed by atoms with Crippen LogP contribution >= 0.6 is 11.8 Å². The maximum atomic E-state index is 11.6. The lowest BCUT2D eigenvalue weighted by molar-refractivity contribution is -0.119. The second-order valence-electron chi connectivity index (χ2n) is 5.10. The van der Waals surface area contributed by atoms with E-state index in [1.54, 1.807) is 11.8 Å². The highest BCUT2D eigenvalue weighted by Crippen LogP contribution is 2.23. The lowest BCUT2D eigenvalue weighted by Crippen LogP contribution is -2.31. The van der Waals surface area contributed by atoms with Gasteiger partial charge in [-0.15, -0.1) is 11.8 Å². The van der Waals surface area contributed by atoms with Crippen LogP contribution in [0.2, 0.25) is 0 Å². The Labute approximate surface area is 129 Å². The van der Waals surface area contributed by atoms with Crippen molar-refractivity contribution in [2.75, 3.05) is 5.75 Å². The average Bonchev–Trinajstić information content (AvgIpc) is 2.80. The van der Waals surface area contributed by atoms with Crippen LogP contribution in [0.3, 0.4) is 0 Å². The maximum absolute atomic E-state index is 11.6. The van der Waals surface area contributed by atoms with Crippen molar-refractivity contribution in [2.45, 2.75) is 32.6 Å². The highest BCUT2D eigenvalue weighted by atomic mass is 32.2. The van der Waals surface area contributed by atoms with Crippen molar-refractivity contribution < 1.29 is 9.21 Å². The number of aryl methyl sites for hydroxylation is 1. The van der Waals surface area contributed by atoms with Gasteiger partial charge < -0.3 is 9.73 Å². The Morgan fingerprint density at radius 1 is 1.33 bits per heavy atom. The van der Waals surface area contributed by atoms with Crippen LogP contribution in [0.15, 0.2) is 34.7 Å². The minimum atomic E-state index is 0.0550. The van der Waals surface area contributed by atoms with E-state index in [0.29, 0.717) is 17.4 Å². The summed E-state index contributed by atoms with van der Waals surface area (Å²) in [5, 5.41) is 2.87. The zero-order valence-corrected chi connectivity index (χ0v) is 13.4. The van der Waals surface area contributed by atoms with Crippen LogP contribution in [0.25, 0.3) is 11.5 Å². The van der Waals surface area contributed by atoms with Gasteiger partial charge in [-0.3, -0.25) is 4.79 Å². The molecular weight excluding hydrogens is 284 g/mol. The van der Waals surface area contributed by atoms with Crippen LogP contribution in [-0.2, 0) is 10.5 Å². The minimum absolute atomic E-state index is 0.0550. The van der Waals surface area contributed by atoms with E-state index in [9.17, 15) is 4.79 Å². The van der Waals surface area contributed by atoms with Gasteiger partial charge in [0.25, 0.3) is 0 Å². The minimum Gasteiger partial charge on any atom is -0.441 e. The van der Waals surface area contributed by atoms with Crippen molar-refractivity contribution in [2.24, 2.45) is 0 Å². The van der Waals surface area contributed by atoms with Gasteiger partial charge in [-0.05, 0) is 32.9 Å². The fourth-order valence-electron chi connectivity index (χ4n) is 1.87. The monoisotopic (exact) mass is 304 g/mol. The normalized spacial score (nSPS) is 10.9. The van der Waals surface area contributed by atoms with Gasteiger partial charge in [-0.1, -0.05) is 18.2 Å². The predicted molar refractivity (Wildman–Crippen MR) is 86.1 cm³/mol. The van der Waals surface area contributed by atoms with Crippen LogP contribution in [0, 0.1) is 6.92 Å². The molecule has 1 amide bonds. The molecule has 1 aromatic carbocycles. The second-order valence-corrected chi connectivity index (χ2v) is 6.09. The molecule has 1 aromatic heterocycles. The van der Waals surface area contributed by atoms with E-state index in [-0.39, 0.29) is 11.9 Å². The first-order valence-electron chi connectivity index (χ1n) is 6.95. The van der Waals surface area contributed by atoms with E-state index in [2.05, 4.69) is 10.3 Å². The van der Waals surface area contributed by atoms with E-state index in [0.717, 1.165) is 17.0 Å². The number of hydrogen-bond donors (Lipinski definition) is 1. The van der Waals surface area contributed by atoms with Gasteiger partial charge in [-0.2, -0.15) is 0 Å². The van der Waals surface area contributed by atoms with E-state index >= 15 is 0 Å². The Morgan fingerprint density at radius 3 is 2.71 bits per heavy atom. The molecule has 112 valence electrons. The summed E-state index contributed by atoms with van der Waals surface area (Å²) in [5.74, 6) is 2.61. The Morgan fingerprint density at radius 2 is 2.05 bits per heavy atom. The van der Waals surface area contributed by atoms with Gasteiger partial charge in [0.1, 0.15) is 5.76 Å². The fraction of sp³-hybridized carbons (Fsp3) is 0.375. The van der Waals surface area contributed by atoms with Crippen molar-refractivity contribution in [3.05, 3.63) is 41.8 Å². The van der Waals surface area contributed by atoms with E-state index in [1.165, 1.54) is 0 Å². The summed E-state index contributed by atoms with van der Waals surface area (Å²) < 4.78 is 5.70. The van der Waals surface area contributed by atoms with Gasteiger partial charge in [-0.25, -0.2) is 4.98 Å². The van der Waals surface area contributed by atoms with Gasteiger partial charge in [0.2, 0.25) is 11.8 Å². The number of nitrogens with zero attached hydrogens (tertiary/aromatic N) is 1. The third-order valence-corrected chi connectivity index (χ3v) is 3.78. The molecular formula is C16H20N2O2S. The SMILES string of the molecule is Cc1oc(-c2ccccc2)nc1CSCC(=O)NC(C)C. The molecule has 2 rings (SSSR count). The summed E-state index contributed by atoms with van der Waals surface area (Å²) in [5.41, 5.74) is 1.87. The highest BCUT2D eigenvalue weighted by Gasteiger charge is 2.12. The van der Waals surface area contributed by atoms with Crippen molar-refractivity contribution in [1.29, 1.82) is 0 Å². The van der Waals surface area contributed by atoms with Crippen molar-refractivity contribution in [3.63, 3.8) is 0 Å². The van der Waals surface area contributed by atoms with E-state index in [1.807, 2.05) is 51.1 Å². The molecule has 0 fully saturated rings. The topological polar surface area (TPSA) is 55.1 Å². The van der Waals surface area contributed by atoms with E-state index < -0.39 is 0 Å². The summed E-state index contributed by atoms with van der Waals surface area (Å²) in [7, 11) is 0. The highest BCUT2D eigenvalue weighted by molar-refractivity contribution is 7.99. The molecule has 0 aliphatic rings. The number of benzene rings is 1. The Kier molecular flexibility index (Phi) is 5.44. The van der Waals surface area contributed by atoms with Gasteiger partial charge in [0, 0.05) is 17.4 Å². The number of oxazole rings is 1. The molecule has 1 N–H and O–H groups in total. The molecule has 0 saturated carbocycles. The molecule has 0 atom stereocenters. The Balaban J connectivity index is 1.93. The van der Waals surface area contributed by atoms with Gasteiger partial charge in [0.05, 0.1) is 11.4 Å². The first-order chi connectivity index (χ1) is 10.1. The molecule has 2 aromatic rings. The number of rotatable bonds is 6. The smallest absolute Gasteiger partial charge is 0.230 e. The first-order valence-corrected chi connectivity index (χ1v) is 8.10. The largest absolute Gasteiger partial charge is 0.441 e. The summed E-state index contributed by atoms with van der Waals surface area (Å²) >= 11 is 1.54. The van der Waals surface area contributed by atoms with Crippen LogP contribution < -0.4 is 5.32 Å². The van der Waals surface area contributed by atoms with Crippen LogP contribution in [0.1, 0.15) is 25.3 Å². The zero-order chi connectivity index (χ0) is 15.2. The lowest BCUT2D eigenvalue weighted by Gasteiger charge is -2.07. The summed E-state index contributed by atoms with van der Waals surface area (Å²) in [6.45, 7) is 5.82. The summed E-state index contributed by atoms with van der Waals surface area (Å²) in [4.78, 5) is 16.1. The fourth-order valence-corrected chi connectivity index (χ4v) is 2.70. The lowest BCUT2D eigenvalue weighted by atomic mass is 10.2. The predicted octanol–water partition coefficient (Wildman–Crippen LogP) is 3.41. The first kappa shape index (κ1) is 15.6. The van der Waals surface area contributed by atoms with Gasteiger partial charge >= 0.3 is 0 Å². The molecule has 0 radical (unpaired) electrons. The van der Waals surface area contributed by atoms with Crippen LogP contribution in [-0.4, -0.2) is 22.7 Å². The molecule has 4 nitrogen and oxygen atoms in total. The number of thioether (sulfide) groups is 1. The number of amides is 1. The molecule has 0 spiro atoms. The van der Waals surface area contributed by atoms with Crippen molar-refractivity contribution in [1.82, 2.24) is 10.3 Å². The summed E-state index contributed by atoms with van der Waals surface area (Å²) in [6.07, 6.45) is 0. The molecule has 21 heavy (non-hydrogen) atoms. The number of carbonyl (C=O) groups excluding carboxylic acids is 1. The summed E-state index contributed by atoms with van der Waals surface area (Å²) in [6, 6.07) is 10.00. The molecule has 0 aliphatic heterocycles. The van der Waals surface area contributed by atoms with Crippen LogP contribution in [0.4, 0.5) is 0 Å². The van der Waals surface area contributed by atoms with E-state index in [4.69, 9.17) is 4.42 Å². The maximum Gasteiger partial charge on any atom is 0.230 e. The third-order valence-electron chi connectivity index (χ3n) is 2.84. The quantitative estimate of drug-likeness (QED) is 0.888. The molecule has 0 aliphatic carbocycles. The van der Waals surface area contributed by atoms with Crippen molar-refractivity contribution >= 4 is 17.7 Å². The molecule has 1 heterocycles. The number of carbonyl (C=O) groups is 1. The molecule has 5 heteroatoms. The Hall–Kier alpha value is -1.75. The molecule has 0 unspecified atom stereocenters. The second kappa shape index (κ2) is 7.31. The zero-order valence-electron chi connectivity index (χ0n) is 12.6. The van der Waals surface area contributed by atoms with Crippen LogP contribution in [0.5, 0.6) is 0 Å². The number of aromatic nitrogens is 1. The van der Waals surface area contributed by atoms with Gasteiger partial charge in [0.15, 0.2) is 0 Å². The number of nitrogens with one attached hydrogen (secondary N) is 1. The number of hydrogen-bond acceptors (Lipinski definition) is 4. The van der Waals surface area contributed by atoms with Crippen molar-refractivity contribution in [3.8, 4) is 11.5 Å². The Bertz CT molecular complexity index is 594.